The van der Waals surface area contributed by atoms with Crippen LogP contribution in [0.25, 0.3) is 0 Å². The molecule has 0 aliphatic rings. The fourth-order valence-corrected chi connectivity index (χ4v) is 4.61. The molecule has 1 atom stereocenters. The number of nitrogens with one attached hydrogen (secondary N) is 1. The lowest BCUT2D eigenvalue weighted by molar-refractivity contribution is 0.566. The molecule has 0 aliphatic heterocycles. The van der Waals surface area contributed by atoms with Gasteiger partial charge in [0.15, 0.2) is 0 Å². The maximum absolute atomic E-state index is 12.6. The summed E-state index contributed by atoms with van der Waals surface area (Å²) >= 11 is 17.8. The first-order valence-electron chi connectivity index (χ1n) is 6.86. The third kappa shape index (κ3) is 4.20. The molecule has 0 saturated heterocycles. The summed E-state index contributed by atoms with van der Waals surface area (Å²) in [6, 6.07) is 8.02. The maximum atomic E-state index is 12.6. The first-order valence-corrected chi connectivity index (χ1v) is 9.47. The van der Waals surface area contributed by atoms with Crippen LogP contribution in [0.1, 0.15) is 29.7 Å². The van der Waals surface area contributed by atoms with Gasteiger partial charge in [-0.15, -0.1) is 0 Å². The Kier molecular flexibility index (Phi) is 5.64. The quantitative estimate of drug-likeness (QED) is 0.717. The monoisotopic (exact) mass is 391 g/mol. The van der Waals surface area contributed by atoms with E-state index in [-0.39, 0.29) is 20.0 Å². The average molecular weight is 393 g/mol. The predicted molar refractivity (Wildman–Crippen MR) is 96.1 cm³/mol. The summed E-state index contributed by atoms with van der Waals surface area (Å²) in [5.41, 5.74) is 3.03. The standard InChI is InChI=1S/C16H16Cl3NO2S/c1-9-4-5-12(10(2)6-9)11(3)20-23(21,22)16-8-14(18)13(17)7-15(16)19/h4-8,11,20H,1-3H3. The Labute approximate surface area is 151 Å². The fourth-order valence-electron chi connectivity index (χ4n) is 2.38. The highest BCUT2D eigenvalue weighted by atomic mass is 35.5. The fraction of sp³-hybridized carbons (Fsp3) is 0.250. The van der Waals surface area contributed by atoms with E-state index in [1.807, 2.05) is 32.0 Å². The molecule has 0 bridgehead atoms. The Morgan fingerprint density at radius 3 is 2.17 bits per heavy atom. The second-order valence-electron chi connectivity index (χ2n) is 5.40. The molecular formula is C16H16Cl3NO2S. The summed E-state index contributed by atoms with van der Waals surface area (Å²) in [7, 11) is -3.83. The van der Waals surface area contributed by atoms with Gasteiger partial charge in [-0.05, 0) is 44.0 Å². The van der Waals surface area contributed by atoms with E-state index in [1.54, 1.807) is 6.92 Å². The minimum absolute atomic E-state index is 0.0275. The molecule has 2 aromatic rings. The molecule has 0 fully saturated rings. The van der Waals surface area contributed by atoms with Gasteiger partial charge in [0.05, 0.1) is 15.1 Å². The second kappa shape index (κ2) is 6.99. The first kappa shape index (κ1) is 18.6. The van der Waals surface area contributed by atoms with E-state index in [2.05, 4.69) is 4.72 Å². The number of aryl methyl sites for hydroxylation is 2. The maximum Gasteiger partial charge on any atom is 0.242 e. The van der Waals surface area contributed by atoms with Crippen LogP contribution in [0.15, 0.2) is 35.2 Å². The zero-order valence-electron chi connectivity index (χ0n) is 12.8. The minimum Gasteiger partial charge on any atom is -0.207 e. The summed E-state index contributed by atoms with van der Waals surface area (Å²) in [5, 5.41) is 0.369. The van der Waals surface area contributed by atoms with Gasteiger partial charge in [0, 0.05) is 6.04 Å². The van der Waals surface area contributed by atoms with Crippen LogP contribution in [0.3, 0.4) is 0 Å². The normalized spacial score (nSPS) is 13.1. The molecule has 0 aliphatic carbocycles. The van der Waals surface area contributed by atoms with E-state index in [0.717, 1.165) is 16.7 Å². The largest absolute Gasteiger partial charge is 0.242 e. The van der Waals surface area contributed by atoms with Crippen molar-refractivity contribution in [1.29, 1.82) is 0 Å². The zero-order valence-corrected chi connectivity index (χ0v) is 15.9. The van der Waals surface area contributed by atoms with E-state index in [4.69, 9.17) is 34.8 Å². The van der Waals surface area contributed by atoms with Gasteiger partial charge in [-0.25, -0.2) is 13.1 Å². The lowest BCUT2D eigenvalue weighted by Gasteiger charge is -2.18. The Balaban J connectivity index is 2.36. The average Bonchev–Trinajstić information content (AvgIpc) is 2.41. The molecule has 0 radical (unpaired) electrons. The molecule has 23 heavy (non-hydrogen) atoms. The van der Waals surface area contributed by atoms with Crippen molar-refractivity contribution < 1.29 is 8.42 Å². The van der Waals surface area contributed by atoms with Gasteiger partial charge >= 0.3 is 0 Å². The minimum atomic E-state index is -3.83. The van der Waals surface area contributed by atoms with Crippen LogP contribution in [0.2, 0.25) is 15.1 Å². The highest BCUT2D eigenvalue weighted by molar-refractivity contribution is 7.89. The van der Waals surface area contributed by atoms with Crippen LogP contribution < -0.4 is 4.72 Å². The van der Waals surface area contributed by atoms with E-state index in [1.165, 1.54) is 12.1 Å². The predicted octanol–water partition coefficient (Wildman–Crippen LogP) is 5.30. The molecule has 1 N–H and O–H groups in total. The van der Waals surface area contributed by atoms with Crippen LogP contribution in [0, 0.1) is 13.8 Å². The van der Waals surface area contributed by atoms with Crippen molar-refractivity contribution in [1.82, 2.24) is 4.72 Å². The molecule has 2 rings (SSSR count). The molecule has 124 valence electrons. The SMILES string of the molecule is Cc1ccc(C(C)NS(=O)(=O)c2cc(Cl)c(Cl)cc2Cl)c(C)c1. The number of sulfonamides is 1. The number of halogens is 3. The molecule has 7 heteroatoms. The Bertz CT molecular complexity index is 851. The molecule has 1 unspecified atom stereocenters. The Hall–Kier alpha value is -0.780. The Morgan fingerprint density at radius 1 is 0.957 bits per heavy atom. The van der Waals surface area contributed by atoms with Gasteiger partial charge in [-0.3, -0.25) is 0 Å². The molecule has 0 aromatic heterocycles. The van der Waals surface area contributed by atoms with E-state index in [0.29, 0.717) is 0 Å². The van der Waals surface area contributed by atoms with Crippen molar-refractivity contribution in [2.45, 2.75) is 31.7 Å². The van der Waals surface area contributed by atoms with Crippen LogP contribution in [-0.4, -0.2) is 8.42 Å². The zero-order chi connectivity index (χ0) is 17.4. The number of hydrogen-bond donors (Lipinski definition) is 1. The highest BCUT2D eigenvalue weighted by Crippen LogP contribution is 2.32. The van der Waals surface area contributed by atoms with Crippen molar-refractivity contribution >= 4 is 44.8 Å². The summed E-state index contributed by atoms with van der Waals surface area (Å²) < 4.78 is 27.8. The summed E-state index contributed by atoms with van der Waals surface area (Å²) in [4.78, 5) is -0.0924. The van der Waals surface area contributed by atoms with Crippen LogP contribution in [-0.2, 0) is 10.0 Å². The number of benzene rings is 2. The summed E-state index contributed by atoms with van der Waals surface area (Å²) in [6.45, 7) is 5.71. The smallest absolute Gasteiger partial charge is 0.207 e. The number of rotatable bonds is 4. The van der Waals surface area contributed by atoms with Crippen LogP contribution in [0.5, 0.6) is 0 Å². The lowest BCUT2D eigenvalue weighted by atomic mass is 10.0. The lowest BCUT2D eigenvalue weighted by Crippen LogP contribution is -2.27. The van der Waals surface area contributed by atoms with Gasteiger partial charge in [-0.1, -0.05) is 58.6 Å². The number of hydrogen-bond acceptors (Lipinski definition) is 2. The van der Waals surface area contributed by atoms with Crippen molar-refractivity contribution in [3.8, 4) is 0 Å². The second-order valence-corrected chi connectivity index (χ2v) is 8.30. The summed E-state index contributed by atoms with van der Waals surface area (Å²) in [6.07, 6.45) is 0. The first-order chi connectivity index (χ1) is 10.6. The van der Waals surface area contributed by atoms with Crippen LogP contribution >= 0.6 is 34.8 Å². The van der Waals surface area contributed by atoms with Crippen molar-refractivity contribution in [3.63, 3.8) is 0 Å². The van der Waals surface area contributed by atoms with Crippen molar-refractivity contribution in [2.24, 2.45) is 0 Å². The van der Waals surface area contributed by atoms with Crippen LogP contribution in [0.4, 0.5) is 0 Å². The van der Waals surface area contributed by atoms with Gasteiger partial charge in [0.1, 0.15) is 4.90 Å². The van der Waals surface area contributed by atoms with Crippen molar-refractivity contribution in [3.05, 3.63) is 62.1 Å². The summed E-state index contributed by atoms with van der Waals surface area (Å²) in [5.74, 6) is 0. The molecule has 0 saturated carbocycles. The van der Waals surface area contributed by atoms with Gasteiger partial charge in [-0.2, -0.15) is 0 Å². The van der Waals surface area contributed by atoms with E-state index < -0.39 is 16.1 Å². The molecule has 3 nitrogen and oxygen atoms in total. The van der Waals surface area contributed by atoms with E-state index in [9.17, 15) is 8.42 Å². The van der Waals surface area contributed by atoms with Gasteiger partial charge in [0.2, 0.25) is 10.0 Å². The third-order valence-electron chi connectivity index (χ3n) is 3.49. The van der Waals surface area contributed by atoms with Gasteiger partial charge in [0.25, 0.3) is 0 Å². The van der Waals surface area contributed by atoms with Crippen molar-refractivity contribution in [2.75, 3.05) is 0 Å². The molecule has 0 amide bonds. The third-order valence-corrected chi connectivity index (χ3v) is 6.22. The topological polar surface area (TPSA) is 46.2 Å². The highest BCUT2D eigenvalue weighted by Gasteiger charge is 2.23. The molecular weight excluding hydrogens is 377 g/mol. The molecule has 0 spiro atoms. The molecule has 0 heterocycles. The Morgan fingerprint density at radius 2 is 1.57 bits per heavy atom. The van der Waals surface area contributed by atoms with Gasteiger partial charge < -0.3 is 0 Å². The molecule has 2 aromatic carbocycles. The van der Waals surface area contributed by atoms with E-state index >= 15 is 0 Å².